The van der Waals surface area contributed by atoms with E-state index in [0.29, 0.717) is 28.8 Å². The first-order valence-electron chi connectivity index (χ1n) is 7.91. The number of anilines is 2. The van der Waals surface area contributed by atoms with Crippen LogP contribution in [0.25, 0.3) is 0 Å². The van der Waals surface area contributed by atoms with Crippen LogP contribution < -0.4 is 15.4 Å². The van der Waals surface area contributed by atoms with Crippen LogP contribution in [0.3, 0.4) is 0 Å². The largest absolute Gasteiger partial charge is 0.495 e. The van der Waals surface area contributed by atoms with E-state index >= 15 is 0 Å². The van der Waals surface area contributed by atoms with Gasteiger partial charge in [-0.3, -0.25) is 4.79 Å². The number of nitrogens with one attached hydrogen (secondary N) is 2. The minimum absolute atomic E-state index is 0.270. The molecule has 0 aliphatic rings. The maximum atomic E-state index is 12.2. The van der Waals surface area contributed by atoms with Crippen LogP contribution in [-0.4, -0.2) is 23.0 Å². The summed E-state index contributed by atoms with van der Waals surface area (Å²) in [5, 5.41) is 6.47. The van der Waals surface area contributed by atoms with E-state index in [4.69, 9.17) is 16.3 Å². The summed E-state index contributed by atoms with van der Waals surface area (Å²) in [6, 6.07) is 14.8. The average Bonchev–Trinajstić information content (AvgIpc) is 2.68. The maximum Gasteiger partial charge on any atom is 0.254 e. The zero-order valence-electron chi connectivity index (χ0n) is 14.1. The molecule has 0 saturated carbocycles. The fourth-order valence-electron chi connectivity index (χ4n) is 2.30. The van der Waals surface area contributed by atoms with E-state index in [1.165, 1.54) is 12.4 Å². The molecule has 0 bridgehead atoms. The Kier molecular flexibility index (Phi) is 5.66. The van der Waals surface area contributed by atoms with Gasteiger partial charge in [-0.15, -0.1) is 0 Å². The number of hydrogen-bond donors (Lipinski definition) is 2. The summed E-state index contributed by atoms with van der Waals surface area (Å²) in [4.78, 5) is 20.6. The highest BCUT2D eigenvalue weighted by Crippen LogP contribution is 2.25. The fourth-order valence-corrected chi connectivity index (χ4v) is 2.50. The Morgan fingerprint density at radius 1 is 1.08 bits per heavy atom. The molecule has 0 spiro atoms. The van der Waals surface area contributed by atoms with Crippen LogP contribution in [0.1, 0.15) is 15.9 Å². The minimum Gasteiger partial charge on any atom is -0.495 e. The number of methoxy groups -OCH3 is 1. The molecule has 0 unspecified atom stereocenters. The number of aromatic nitrogens is 2. The lowest BCUT2D eigenvalue weighted by atomic mass is 10.2. The molecule has 3 aromatic rings. The monoisotopic (exact) mass is 368 g/mol. The molecule has 0 atom stereocenters. The molecule has 6 nitrogen and oxygen atoms in total. The first-order chi connectivity index (χ1) is 12.7. The zero-order chi connectivity index (χ0) is 18.4. The maximum absolute atomic E-state index is 12.2. The van der Waals surface area contributed by atoms with Gasteiger partial charge in [0.2, 0.25) is 5.95 Å². The quantitative estimate of drug-likeness (QED) is 0.691. The number of halogens is 1. The number of carbonyl (C=O) groups excluding carboxylic acids is 1. The van der Waals surface area contributed by atoms with E-state index in [2.05, 4.69) is 20.6 Å². The molecule has 3 rings (SSSR count). The van der Waals surface area contributed by atoms with Crippen molar-refractivity contribution in [2.75, 3.05) is 12.4 Å². The third-order valence-electron chi connectivity index (χ3n) is 3.66. The van der Waals surface area contributed by atoms with E-state index in [0.717, 1.165) is 11.3 Å². The van der Waals surface area contributed by atoms with Crippen LogP contribution in [0.2, 0.25) is 5.02 Å². The number of carbonyl (C=O) groups is 1. The van der Waals surface area contributed by atoms with E-state index in [1.807, 2.05) is 42.5 Å². The van der Waals surface area contributed by atoms with E-state index in [9.17, 15) is 4.79 Å². The second-order valence-corrected chi connectivity index (χ2v) is 5.80. The Labute approximate surface area is 156 Å². The summed E-state index contributed by atoms with van der Waals surface area (Å²) in [5.41, 5.74) is 1.95. The van der Waals surface area contributed by atoms with Crippen molar-refractivity contribution in [3.05, 3.63) is 77.1 Å². The number of benzene rings is 2. The molecule has 0 aliphatic carbocycles. The van der Waals surface area contributed by atoms with Crippen LogP contribution in [-0.2, 0) is 6.54 Å². The summed E-state index contributed by atoms with van der Waals surface area (Å²) >= 11 is 6.08. The van der Waals surface area contributed by atoms with Gasteiger partial charge in [0, 0.05) is 24.0 Å². The van der Waals surface area contributed by atoms with Gasteiger partial charge in [-0.05, 0) is 23.8 Å². The molecule has 0 aliphatic heterocycles. The van der Waals surface area contributed by atoms with Crippen molar-refractivity contribution in [2.45, 2.75) is 6.54 Å². The van der Waals surface area contributed by atoms with Gasteiger partial charge in [-0.25, -0.2) is 9.97 Å². The number of nitrogens with zero attached hydrogens (tertiary/aromatic N) is 2. The highest BCUT2D eigenvalue weighted by Gasteiger charge is 2.09. The van der Waals surface area contributed by atoms with Gasteiger partial charge in [-0.1, -0.05) is 41.9 Å². The van der Waals surface area contributed by atoms with Crippen LogP contribution in [0.4, 0.5) is 11.6 Å². The zero-order valence-corrected chi connectivity index (χ0v) is 14.8. The molecule has 1 aromatic heterocycles. The summed E-state index contributed by atoms with van der Waals surface area (Å²) in [7, 11) is 1.59. The lowest BCUT2D eigenvalue weighted by molar-refractivity contribution is 0.0950. The highest BCUT2D eigenvalue weighted by atomic mass is 35.5. The molecule has 0 radical (unpaired) electrons. The minimum atomic E-state index is -0.270. The molecule has 26 heavy (non-hydrogen) atoms. The second kappa shape index (κ2) is 8.31. The number of rotatable bonds is 6. The standard InChI is InChI=1S/C19H17ClN4O2/c1-26-17-9-5-4-8-16(17)24-19-22-11-14(12-23-19)18(25)21-10-13-6-2-3-7-15(13)20/h2-9,11-12H,10H2,1H3,(H,21,25)(H,22,23,24). The predicted octanol–water partition coefficient (Wildman–Crippen LogP) is 3.81. The van der Waals surface area contributed by atoms with Gasteiger partial charge in [-0.2, -0.15) is 0 Å². The number of ether oxygens (including phenoxy) is 1. The SMILES string of the molecule is COc1ccccc1Nc1ncc(C(=O)NCc2ccccc2Cl)cn1. The number of hydrogen-bond acceptors (Lipinski definition) is 5. The molecule has 1 heterocycles. The number of para-hydroxylation sites is 2. The van der Waals surface area contributed by atoms with Crippen molar-refractivity contribution >= 4 is 29.1 Å². The molecular formula is C19H17ClN4O2. The molecule has 132 valence electrons. The van der Waals surface area contributed by atoms with Crippen molar-refractivity contribution < 1.29 is 9.53 Å². The van der Waals surface area contributed by atoms with Crippen molar-refractivity contribution in [1.82, 2.24) is 15.3 Å². The average molecular weight is 369 g/mol. The topological polar surface area (TPSA) is 76.1 Å². The molecule has 0 fully saturated rings. The fraction of sp³-hybridized carbons (Fsp3) is 0.105. The Balaban J connectivity index is 1.63. The summed E-state index contributed by atoms with van der Waals surface area (Å²) in [6.07, 6.45) is 2.93. The van der Waals surface area contributed by atoms with Crippen LogP contribution >= 0.6 is 11.6 Å². The lowest BCUT2D eigenvalue weighted by Gasteiger charge is -2.10. The molecule has 7 heteroatoms. The molecule has 2 N–H and O–H groups in total. The van der Waals surface area contributed by atoms with Gasteiger partial charge in [0.1, 0.15) is 5.75 Å². The summed E-state index contributed by atoms with van der Waals surface area (Å²) < 4.78 is 5.27. The predicted molar refractivity (Wildman–Crippen MR) is 101 cm³/mol. The summed E-state index contributed by atoms with van der Waals surface area (Å²) in [6.45, 7) is 0.333. The molecular weight excluding hydrogens is 352 g/mol. The Morgan fingerprint density at radius 3 is 2.50 bits per heavy atom. The van der Waals surface area contributed by atoms with Crippen molar-refractivity contribution in [3.8, 4) is 5.75 Å². The smallest absolute Gasteiger partial charge is 0.254 e. The highest BCUT2D eigenvalue weighted by molar-refractivity contribution is 6.31. The lowest BCUT2D eigenvalue weighted by Crippen LogP contribution is -2.23. The van der Waals surface area contributed by atoms with Gasteiger partial charge >= 0.3 is 0 Å². The van der Waals surface area contributed by atoms with Gasteiger partial charge in [0.15, 0.2) is 0 Å². The first kappa shape index (κ1) is 17.7. The van der Waals surface area contributed by atoms with Gasteiger partial charge < -0.3 is 15.4 Å². The van der Waals surface area contributed by atoms with Crippen molar-refractivity contribution in [2.24, 2.45) is 0 Å². The van der Waals surface area contributed by atoms with E-state index < -0.39 is 0 Å². The van der Waals surface area contributed by atoms with Crippen LogP contribution in [0.5, 0.6) is 5.75 Å². The summed E-state index contributed by atoms with van der Waals surface area (Å²) in [5.74, 6) is 0.781. The molecule has 2 aromatic carbocycles. The molecule has 0 saturated heterocycles. The van der Waals surface area contributed by atoms with Crippen LogP contribution in [0.15, 0.2) is 60.9 Å². The normalized spacial score (nSPS) is 10.2. The third kappa shape index (κ3) is 4.29. The Hall–Kier alpha value is -3.12. The Bertz CT molecular complexity index is 900. The number of amides is 1. The van der Waals surface area contributed by atoms with Crippen molar-refractivity contribution in [1.29, 1.82) is 0 Å². The second-order valence-electron chi connectivity index (χ2n) is 5.39. The molecule has 1 amide bonds. The van der Waals surface area contributed by atoms with E-state index in [1.54, 1.807) is 13.2 Å². The van der Waals surface area contributed by atoms with E-state index in [-0.39, 0.29) is 5.91 Å². The Morgan fingerprint density at radius 2 is 1.77 bits per heavy atom. The first-order valence-corrected chi connectivity index (χ1v) is 8.29. The third-order valence-corrected chi connectivity index (χ3v) is 4.03. The van der Waals surface area contributed by atoms with Gasteiger partial charge in [0.25, 0.3) is 5.91 Å². The van der Waals surface area contributed by atoms with Gasteiger partial charge in [0.05, 0.1) is 18.4 Å². The van der Waals surface area contributed by atoms with Crippen LogP contribution in [0, 0.1) is 0 Å². The van der Waals surface area contributed by atoms with Crippen molar-refractivity contribution in [3.63, 3.8) is 0 Å².